The van der Waals surface area contributed by atoms with Gasteiger partial charge >= 0.3 is 0 Å². The van der Waals surface area contributed by atoms with Crippen LogP contribution < -0.4 is 10.3 Å². The smallest absolute Gasteiger partial charge is 0.294 e. The van der Waals surface area contributed by atoms with Crippen LogP contribution in [0.4, 0.5) is 4.39 Å². The molecule has 23 heavy (non-hydrogen) atoms. The van der Waals surface area contributed by atoms with E-state index in [0.29, 0.717) is 15.9 Å². The highest BCUT2D eigenvalue weighted by Crippen LogP contribution is 2.32. The SMILES string of the molecule is O=c1c(Cl)c(Oc2ccc(F)cc2Br)cnn1-c1ccccc1. The summed E-state index contributed by atoms with van der Waals surface area (Å²) in [5.41, 5.74) is 0.0857. The van der Waals surface area contributed by atoms with Crippen LogP contribution in [-0.4, -0.2) is 9.78 Å². The first-order valence-corrected chi connectivity index (χ1v) is 7.69. The van der Waals surface area contributed by atoms with Gasteiger partial charge in [-0.2, -0.15) is 9.78 Å². The number of aromatic nitrogens is 2. The molecule has 0 radical (unpaired) electrons. The largest absolute Gasteiger partial charge is 0.453 e. The Morgan fingerprint density at radius 2 is 1.87 bits per heavy atom. The van der Waals surface area contributed by atoms with Gasteiger partial charge in [-0.15, -0.1) is 0 Å². The molecule has 0 spiro atoms. The van der Waals surface area contributed by atoms with Crippen molar-refractivity contribution in [3.8, 4) is 17.2 Å². The molecule has 0 bridgehead atoms. The van der Waals surface area contributed by atoms with Crippen molar-refractivity contribution in [1.82, 2.24) is 9.78 Å². The lowest BCUT2D eigenvalue weighted by atomic mass is 10.3. The van der Waals surface area contributed by atoms with Crippen LogP contribution in [0.5, 0.6) is 11.5 Å². The first-order chi connectivity index (χ1) is 11.1. The molecule has 0 atom stereocenters. The van der Waals surface area contributed by atoms with Crippen LogP contribution in [0.25, 0.3) is 5.69 Å². The Hall–Kier alpha value is -2.18. The van der Waals surface area contributed by atoms with Gasteiger partial charge in [-0.3, -0.25) is 4.79 Å². The number of rotatable bonds is 3. The third kappa shape index (κ3) is 3.28. The minimum atomic E-state index is -0.506. The van der Waals surface area contributed by atoms with E-state index in [-0.39, 0.29) is 10.8 Å². The van der Waals surface area contributed by atoms with Crippen molar-refractivity contribution < 1.29 is 9.13 Å². The van der Waals surface area contributed by atoms with Crippen LogP contribution >= 0.6 is 27.5 Å². The van der Waals surface area contributed by atoms with E-state index in [1.165, 1.54) is 29.1 Å². The maximum Gasteiger partial charge on any atom is 0.294 e. The van der Waals surface area contributed by atoms with Crippen LogP contribution in [0.1, 0.15) is 0 Å². The Kier molecular flexibility index (Phi) is 4.45. The molecule has 0 aliphatic carbocycles. The van der Waals surface area contributed by atoms with E-state index in [1.54, 1.807) is 24.3 Å². The maximum atomic E-state index is 13.1. The van der Waals surface area contributed by atoms with Crippen molar-refractivity contribution in [2.24, 2.45) is 0 Å². The monoisotopic (exact) mass is 394 g/mol. The van der Waals surface area contributed by atoms with Crippen molar-refractivity contribution in [2.75, 3.05) is 0 Å². The van der Waals surface area contributed by atoms with Crippen molar-refractivity contribution >= 4 is 27.5 Å². The zero-order valence-corrected chi connectivity index (χ0v) is 13.9. The number of para-hydroxylation sites is 1. The summed E-state index contributed by atoms with van der Waals surface area (Å²) in [6.07, 6.45) is 1.34. The zero-order chi connectivity index (χ0) is 16.4. The van der Waals surface area contributed by atoms with Crippen molar-refractivity contribution in [2.45, 2.75) is 0 Å². The predicted octanol–water partition coefficient (Wildman–Crippen LogP) is 4.58. The average Bonchev–Trinajstić information content (AvgIpc) is 2.55. The molecule has 3 aromatic rings. The van der Waals surface area contributed by atoms with Crippen molar-refractivity contribution in [1.29, 1.82) is 0 Å². The molecule has 0 saturated carbocycles. The average molecular weight is 396 g/mol. The summed E-state index contributed by atoms with van der Waals surface area (Å²) in [4.78, 5) is 12.3. The van der Waals surface area contributed by atoms with Crippen LogP contribution in [0.3, 0.4) is 0 Å². The molecular weight excluding hydrogens is 387 g/mol. The second-order valence-electron chi connectivity index (χ2n) is 4.55. The van der Waals surface area contributed by atoms with Gasteiger partial charge in [0.1, 0.15) is 11.6 Å². The Morgan fingerprint density at radius 1 is 1.13 bits per heavy atom. The molecule has 7 heteroatoms. The van der Waals surface area contributed by atoms with Crippen LogP contribution in [0.15, 0.2) is 64.0 Å². The molecule has 0 aliphatic heterocycles. The standard InChI is InChI=1S/C16H9BrClFN2O2/c17-12-8-10(19)6-7-13(12)23-14-9-20-21(16(22)15(14)18)11-4-2-1-3-5-11/h1-9H. The third-order valence-electron chi connectivity index (χ3n) is 3.00. The lowest BCUT2D eigenvalue weighted by molar-refractivity contribution is 0.470. The number of halogens is 3. The molecule has 3 rings (SSSR count). The highest BCUT2D eigenvalue weighted by Gasteiger charge is 2.14. The van der Waals surface area contributed by atoms with Gasteiger partial charge in [0.05, 0.1) is 16.4 Å². The molecule has 0 amide bonds. The Bertz CT molecular complexity index is 916. The van der Waals surface area contributed by atoms with Gasteiger partial charge in [0.15, 0.2) is 10.8 Å². The molecular formula is C16H9BrClFN2O2. The minimum Gasteiger partial charge on any atom is -0.453 e. The predicted molar refractivity (Wildman–Crippen MR) is 89.0 cm³/mol. The fourth-order valence-corrected chi connectivity index (χ4v) is 2.52. The van der Waals surface area contributed by atoms with Gasteiger partial charge in [-0.05, 0) is 46.3 Å². The summed E-state index contributed by atoms with van der Waals surface area (Å²) in [5, 5.41) is 3.95. The summed E-state index contributed by atoms with van der Waals surface area (Å²) in [5.74, 6) is 0.0102. The van der Waals surface area contributed by atoms with E-state index >= 15 is 0 Å². The highest BCUT2D eigenvalue weighted by molar-refractivity contribution is 9.10. The quantitative estimate of drug-likeness (QED) is 0.652. The van der Waals surface area contributed by atoms with E-state index in [4.69, 9.17) is 16.3 Å². The van der Waals surface area contributed by atoms with E-state index < -0.39 is 11.4 Å². The lowest BCUT2D eigenvalue weighted by Crippen LogP contribution is -2.21. The van der Waals surface area contributed by atoms with Gasteiger partial charge in [-0.1, -0.05) is 29.8 Å². The second-order valence-corrected chi connectivity index (χ2v) is 5.78. The fourth-order valence-electron chi connectivity index (χ4n) is 1.92. The van der Waals surface area contributed by atoms with E-state index in [1.807, 2.05) is 6.07 Å². The minimum absolute atomic E-state index is 0.0937. The molecule has 2 aromatic carbocycles. The number of nitrogens with zero attached hydrogens (tertiary/aromatic N) is 2. The molecule has 4 nitrogen and oxygen atoms in total. The number of ether oxygens (including phenoxy) is 1. The van der Waals surface area contributed by atoms with Gasteiger partial charge in [-0.25, -0.2) is 4.39 Å². The summed E-state index contributed by atoms with van der Waals surface area (Å²) in [6, 6.07) is 12.8. The maximum absolute atomic E-state index is 13.1. The Balaban J connectivity index is 1.99. The molecule has 0 saturated heterocycles. The van der Waals surface area contributed by atoms with Crippen molar-refractivity contribution in [3.63, 3.8) is 0 Å². The van der Waals surface area contributed by atoms with Gasteiger partial charge in [0.25, 0.3) is 5.56 Å². The van der Waals surface area contributed by atoms with E-state index in [0.717, 1.165) is 0 Å². The van der Waals surface area contributed by atoms with Gasteiger partial charge in [0.2, 0.25) is 0 Å². The Morgan fingerprint density at radius 3 is 2.57 bits per heavy atom. The van der Waals surface area contributed by atoms with Crippen LogP contribution in [0, 0.1) is 5.82 Å². The highest BCUT2D eigenvalue weighted by atomic mass is 79.9. The summed E-state index contributed by atoms with van der Waals surface area (Å²) in [6.45, 7) is 0. The Labute approximate surface area is 144 Å². The third-order valence-corrected chi connectivity index (χ3v) is 3.97. The van der Waals surface area contributed by atoms with Crippen LogP contribution in [0.2, 0.25) is 5.02 Å². The van der Waals surface area contributed by atoms with E-state index in [9.17, 15) is 9.18 Å². The number of benzene rings is 2. The molecule has 1 aromatic heterocycles. The summed E-state index contributed by atoms with van der Waals surface area (Å²) in [7, 11) is 0. The van der Waals surface area contributed by atoms with Gasteiger partial charge in [0, 0.05) is 0 Å². The lowest BCUT2D eigenvalue weighted by Gasteiger charge is -2.10. The molecule has 0 unspecified atom stereocenters. The fraction of sp³-hybridized carbons (Fsp3) is 0. The first kappa shape index (κ1) is 15.7. The molecule has 116 valence electrons. The second kappa shape index (κ2) is 6.52. The topological polar surface area (TPSA) is 44.1 Å². The summed E-state index contributed by atoms with van der Waals surface area (Å²) >= 11 is 9.28. The summed E-state index contributed by atoms with van der Waals surface area (Å²) < 4.78 is 20.2. The first-order valence-electron chi connectivity index (χ1n) is 6.52. The van der Waals surface area contributed by atoms with E-state index in [2.05, 4.69) is 21.0 Å². The van der Waals surface area contributed by atoms with Crippen molar-refractivity contribution in [3.05, 3.63) is 80.4 Å². The zero-order valence-electron chi connectivity index (χ0n) is 11.5. The number of hydrogen-bond donors (Lipinski definition) is 0. The van der Waals surface area contributed by atoms with Crippen LogP contribution in [-0.2, 0) is 0 Å². The van der Waals surface area contributed by atoms with Gasteiger partial charge < -0.3 is 4.74 Å². The number of hydrogen-bond acceptors (Lipinski definition) is 3. The molecule has 0 aliphatic rings. The molecule has 0 N–H and O–H groups in total. The molecule has 0 fully saturated rings. The molecule has 1 heterocycles. The normalized spacial score (nSPS) is 10.6.